The maximum atomic E-state index is 11.9. The molecule has 116 valence electrons. The van der Waals surface area contributed by atoms with Gasteiger partial charge in [0.1, 0.15) is 5.75 Å². The van der Waals surface area contributed by atoms with Gasteiger partial charge in [-0.25, -0.2) is 0 Å². The van der Waals surface area contributed by atoms with Crippen LogP contribution in [0.2, 0.25) is 0 Å². The van der Waals surface area contributed by atoms with Crippen molar-refractivity contribution in [3.63, 3.8) is 0 Å². The van der Waals surface area contributed by atoms with E-state index in [-0.39, 0.29) is 18.1 Å². The van der Waals surface area contributed by atoms with Crippen LogP contribution in [0.4, 0.5) is 0 Å². The Hall–Kier alpha value is -1.55. The highest BCUT2D eigenvalue weighted by molar-refractivity contribution is 5.76. The van der Waals surface area contributed by atoms with Crippen LogP contribution in [-0.4, -0.2) is 18.1 Å². The average Bonchev–Trinajstić information content (AvgIpc) is 2.83. The fraction of sp³-hybridized carbons (Fsp3) is 0.588. The number of benzene rings is 1. The Morgan fingerprint density at radius 3 is 2.62 bits per heavy atom. The van der Waals surface area contributed by atoms with Crippen molar-refractivity contribution in [3.05, 3.63) is 29.8 Å². The maximum Gasteiger partial charge on any atom is 0.220 e. The molecule has 2 rings (SSSR count). The van der Waals surface area contributed by atoms with E-state index in [9.17, 15) is 4.79 Å². The summed E-state index contributed by atoms with van der Waals surface area (Å²) in [6, 6.07) is 8.05. The number of carbonyl (C=O) groups is 1. The van der Waals surface area contributed by atoms with E-state index in [1.54, 1.807) is 0 Å². The standard InChI is InChI=1S/C17H26N2O2/c1-12(2)21-15-8-6-13(7-9-15)11-19-17(20)10-14-4-3-5-16(14)18/h6-9,12,14,16H,3-5,10-11,18H2,1-2H3,(H,19,20)/t14-,16+/m0/s1. The van der Waals surface area contributed by atoms with Crippen LogP contribution in [0.1, 0.15) is 45.1 Å². The van der Waals surface area contributed by atoms with Crippen LogP contribution in [0.15, 0.2) is 24.3 Å². The fourth-order valence-corrected chi connectivity index (χ4v) is 2.79. The highest BCUT2D eigenvalue weighted by Crippen LogP contribution is 2.26. The van der Waals surface area contributed by atoms with Gasteiger partial charge in [0.25, 0.3) is 0 Å². The molecule has 1 aliphatic rings. The summed E-state index contributed by atoms with van der Waals surface area (Å²) in [5.74, 6) is 1.31. The number of ether oxygens (including phenoxy) is 1. The molecule has 0 heterocycles. The molecule has 4 heteroatoms. The summed E-state index contributed by atoms with van der Waals surface area (Å²) in [4.78, 5) is 11.9. The molecule has 1 aromatic carbocycles. The normalized spacial score (nSPS) is 21.5. The second-order valence-corrected chi connectivity index (χ2v) is 6.15. The third-order valence-corrected chi connectivity index (χ3v) is 3.95. The first-order valence-corrected chi connectivity index (χ1v) is 7.82. The Balaban J connectivity index is 1.75. The third kappa shape index (κ3) is 5.05. The highest BCUT2D eigenvalue weighted by Gasteiger charge is 2.25. The first-order valence-electron chi connectivity index (χ1n) is 7.82. The summed E-state index contributed by atoms with van der Waals surface area (Å²) < 4.78 is 5.59. The van der Waals surface area contributed by atoms with E-state index < -0.39 is 0 Å². The first kappa shape index (κ1) is 15.8. The van der Waals surface area contributed by atoms with Gasteiger partial charge < -0.3 is 15.8 Å². The molecule has 1 aromatic rings. The van der Waals surface area contributed by atoms with E-state index >= 15 is 0 Å². The topological polar surface area (TPSA) is 64.3 Å². The van der Waals surface area contributed by atoms with Crippen molar-refractivity contribution in [2.24, 2.45) is 11.7 Å². The smallest absolute Gasteiger partial charge is 0.220 e. The van der Waals surface area contributed by atoms with Crippen LogP contribution in [0.3, 0.4) is 0 Å². The number of nitrogens with one attached hydrogen (secondary N) is 1. The van der Waals surface area contributed by atoms with Gasteiger partial charge in [-0.1, -0.05) is 18.6 Å². The lowest BCUT2D eigenvalue weighted by atomic mass is 10.00. The fourth-order valence-electron chi connectivity index (χ4n) is 2.79. The van der Waals surface area contributed by atoms with Gasteiger partial charge >= 0.3 is 0 Å². The van der Waals surface area contributed by atoms with Crippen LogP contribution in [0, 0.1) is 5.92 Å². The molecule has 1 aliphatic carbocycles. The predicted octanol–water partition coefficient (Wildman–Crippen LogP) is 2.61. The third-order valence-electron chi connectivity index (χ3n) is 3.95. The molecule has 0 radical (unpaired) electrons. The SMILES string of the molecule is CC(C)Oc1ccc(CNC(=O)C[C@@H]2CCC[C@H]2N)cc1. The lowest BCUT2D eigenvalue weighted by Crippen LogP contribution is -2.31. The molecular weight excluding hydrogens is 264 g/mol. The number of nitrogens with two attached hydrogens (primary N) is 1. The van der Waals surface area contributed by atoms with Crippen molar-refractivity contribution in [3.8, 4) is 5.75 Å². The number of carbonyl (C=O) groups excluding carboxylic acids is 1. The Labute approximate surface area is 127 Å². The molecule has 0 aliphatic heterocycles. The molecule has 0 saturated heterocycles. The van der Waals surface area contributed by atoms with E-state index in [2.05, 4.69) is 5.32 Å². The number of hydrogen-bond acceptors (Lipinski definition) is 3. The van der Waals surface area contributed by atoms with Crippen LogP contribution in [0.5, 0.6) is 5.75 Å². The predicted molar refractivity (Wildman–Crippen MR) is 84.0 cm³/mol. The lowest BCUT2D eigenvalue weighted by Gasteiger charge is -2.15. The Morgan fingerprint density at radius 2 is 2.05 bits per heavy atom. The molecular formula is C17H26N2O2. The monoisotopic (exact) mass is 290 g/mol. The van der Waals surface area contributed by atoms with Crippen molar-refractivity contribution in [2.75, 3.05) is 0 Å². The highest BCUT2D eigenvalue weighted by atomic mass is 16.5. The molecule has 1 saturated carbocycles. The van der Waals surface area contributed by atoms with Gasteiger partial charge in [-0.15, -0.1) is 0 Å². The average molecular weight is 290 g/mol. The van der Waals surface area contributed by atoms with E-state index in [4.69, 9.17) is 10.5 Å². The molecule has 0 bridgehead atoms. The molecule has 3 N–H and O–H groups in total. The molecule has 0 spiro atoms. The van der Waals surface area contributed by atoms with Crippen molar-refractivity contribution >= 4 is 5.91 Å². The minimum absolute atomic E-state index is 0.0971. The van der Waals surface area contributed by atoms with E-state index in [1.165, 1.54) is 0 Å². The molecule has 0 unspecified atom stereocenters. The second-order valence-electron chi connectivity index (χ2n) is 6.15. The van der Waals surface area contributed by atoms with Crippen molar-refractivity contribution in [1.29, 1.82) is 0 Å². The summed E-state index contributed by atoms with van der Waals surface area (Å²) in [6.45, 7) is 4.56. The van der Waals surface area contributed by atoms with E-state index in [0.29, 0.717) is 18.9 Å². The summed E-state index contributed by atoms with van der Waals surface area (Å²) in [5, 5.41) is 2.97. The second kappa shape index (κ2) is 7.46. The molecule has 1 amide bonds. The van der Waals surface area contributed by atoms with Gasteiger partial charge in [-0.3, -0.25) is 4.79 Å². The quantitative estimate of drug-likeness (QED) is 0.846. The zero-order chi connectivity index (χ0) is 15.2. The molecule has 4 nitrogen and oxygen atoms in total. The summed E-state index contributed by atoms with van der Waals surface area (Å²) in [6.07, 6.45) is 4.00. The summed E-state index contributed by atoms with van der Waals surface area (Å²) in [7, 11) is 0. The summed E-state index contributed by atoms with van der Waals surface area (Å²) in [5.41, 5.74) is 7.08. The van der Waals surface area contributed by atoms with Crippen molar-refractivity contribution in [1.82, 2.24) is 5.32 Å². The molecule has 21 heavy (non-hydrogen) atoms. The Morgan fingerprint density at radius 1 is 1.33 bits per heavy atom. The minimum atomic E-state index is 0.0971. The number of amides is 1. The Bertz CT molecular complexity index is 456. The minimum Gasteiger partial charge on any atom is -0.491 e. The molecule has 2 atom stereocenters. The van der Waals surface area contributed by atoms with Crippen LogP contribution < -0.4 is 15.8 Å². The first-order chi connectivity index (χ1) is 10.0. The van der Waals surface area contributed by atoms with Gasteiger partial charge in [-0.2, -0.15) is 0 Å². The molecule has 0 aromatic heterocycles. The van der Waals surface area contributed by atoms with Crippen molar-refractivity contribution < 1.29 is 9.53 Å². The Kier molecular flexibility index (Phi) is 5.62. The van der Waals surface area contributed by atoms with E-state index in [1.807, 2.05) is 38.1 Å². The molecule has 1 fully saturated rings. The number of rotatable bonds is 6. The zero-order valence-corrected chi connectivity index (χ0v) is 13.0. The van der Waals surface area contributed by atoms with Gasteiger partial charge in [0.15, 0.2) is 0 Å². The van der Waals surface area contributed by atoms with E-state index in [0.717, 1.165) is 30.6 Å². The van der Waals surface area contributed by atoms with Crippen molar-refractivity contribution in [2.45, 2.75) is 58.2 Å². The van der Waals surface area contributed by atoms with Gasteiger partial charge in [0.05, 0.1) is 6.10 Å². The number of hydrogen-bond donors (Lipinski definition) is 2. The summed E-state index contributed by atoms with van der Waals surface area (Å²) >= 11 is 0. The van der Waals surface area contributed by atoms with Crippen LogP contribution in [-0.2, 0) is 11.3 Å². The van der Waals surface area contributed by atoms with Gasteiger partial charge in [0.2, 0.25) is 5.91 Å². The lowest BCUT2D eigenvalue weighted by molar-refractivity contribution is -0.122. The van der Waals surface area contributed by atoms with Gasteiger partial charge in [-0.05, 0) is 50.3 Å². The largest absolute Gasteiger partial charge is 0.491 e. The van der Waals surface area contributed by atoms with Crippen LogP contribution >= 0.6 is 0 Å². The maximum absolute atomic E-state index is 11.9. The zero-order valence-electron chi connectivity index (χ0n) is 13.0. The van der Waals surface area contributed by atoms with Crippen LogP contribution in [0.25, 0.3) is 0 Å². The van der Waals surface area contributed by atoms with Gasteiger partial charge in [0, 0.05) is 19.0 Å².